The van der Waals surface area contributed by atoms with Crippen LogP contribution in [0.15, 0.2) is 15.9 Å². The molecule has 0 fully saturated rings. The van der Waals surface area contributed by atoms with E-state index < -0.39 is 6.10 Å². The number of thiophene rings is 1. The molecule has 80 valence electrons. The number of rotatable bonds is 5. The first-order chi connectivity index (χ1) is 6.69. The minimum Gasteiger partial charge on any atom is -0.387 e. The molecule has 1 rings (SSSR count). The van der Waals surface area contributed by atoms with E-state index in [1.165, 1.54) is 0 Å². The molecule has 1 heterocycles. The van der Waals surface area contributed by atoms with E-state index >= 15 is 0 Å². The van der Waals surface area contributed by atoms with Gasteiger partial charge in [-0.15, -0.1) is 11.3 Å². The maximum Gasteiger partial charge on any atom is 0.0922 e. The summed E-state index contributed by atoms with van der Waals surface area (Å²) in [5, 5.41) is 10.0. The SMILES string of the molecule is CCCC(CN)C(O)c1ccc(Br)s1. The van der Waals surface area contributed by atoms with Crippen LogP contribution >= 0.6 is 27.3 Å². The summed E-state index contributed by atoms with van der Waals surface area (Å²) in [7, 11) is 0. The lowest BCUT2D eigenvalue weighted by molar-refractivity contribution is 0.110. The summed E-state index contributed by atoms with van der Waals surface area (Å²) in [6.45, 7) is 2.66. The largest absolute Gasteiger partial charge is 0.387 e. The van der Waals surface area contributed by atoms with Gasteiger partial charge in [0.15, 0.2) is 0 Å². The van der Waals surface area contributed by atoms with Crippen molar-refractivity contribution in [2.75, 3.05) is 6.54 Å². The molecule has 0 aromatic carbocycles. The molecule has 0 aliphatic carbocycles. The van der Waals surface area contributed by atoms with Gasteiger partial charge in [0, 0.05) is 10.8 Å². The van der Waals surface area contributed by atoms with E-state index in [-0.39, 0.29) is 5.92 Å². The van der Waals surface area contributed by atoms with Crippen LogP contribution in [0.2, 0.25) is 0 Å². The molecule has 14 heavy (non-hydrogen) atoms. The second-order valence-electron chi connectivity index (χ2n) is 3.37. The summed E-state index contributed by atoms with van der Waals surface area (Å²) in [6, 6.07) is 3.92. The Morgan fingerprint density at radius 3 is 2.71 bits per heavy atom. The highest BCUT2D eigenvalue weighted by Crippen LogP contribution is 2.32. The Morgan fingerprint density at radius 2 is 2.29 bits per heavy atom. The summed E-state index contributed by atoms with van der Waals surface area (Å²) < 4.78 is 1.05. The second-order valence-corrected chi connectivity index (χ2v) is 5.87. The number of nitrogens with two attached hydrogens (primary N) is 1. The third-order valence-corrected chi connectivity index (χ3v) is 3.99. The van der Waals surface area contributed by atoms with E-state index in [2.05, 4.69) is 22.9 Å². The van der Waals surface area contributed by atoms with Crippen LogP contribution in [0.1, 0.15) is 30.7 Å². The molecule has 1 aromatic rings. The Kier molecular flexibility index (Phi) is 5.09. The van der Waals surface area contributed by atoms with Gasteiger partial charge in [-0.25, -0.2) is 0 Å². The van der Waals surface area contributed by atoms with Gasteiger partial charge in [0.2, 0.25) is 0 Å². The van der Waals surface area contributed by atoms with Crippen molar-refractivity contribution in [2.24, 2.45) is 11.7 Å². The molecule has 0 saturated carbocycles. The smallest absolute Gasteiger partial charge is 0.0922 e. The fourth-order valence-corrected chi connectivity index (χ4v) is 3.00. The van der Waals surface area contributed by atoms with E-state index in [0.717, 1.165) is 21.5 Å². The third kappa shape index (κ3) is 3.05. The molecule has 2 unspecified atom stereocenters. The Bertz CT molecular complexity index is 277. The highest BCUT2D eigenvalue weighted by Gasteiger charge is 2.19. The van der Waals surface area contributed by atoms with Crippen LogP contribution in [-0.2, 0) is 0 Å². The van der Waals surface area contributed by atoms with Crippen LogP contribution in [0.4, 0.5) is 0 Å². The van der Waals surface area contributed by atoms with Crippen LogP contribution in [0.3, 0.4) is 0 Å². The zero-order chi connectivity index (χ0) is 10.6. The Morgan fingerprint density at radius 1 is 1.57 bits per heavy atom. The monoisotopic (exact) mass is 277 g/mol. The molecule has 0 aliphatic heterocycles. The maximum atomic E-state index is 10.0. The number of aliphatic hydroxyl groups excluding tert-OH is 1. The molecule has 2 nitrogen and oxygen atoms in total. The molecule has 0 radical (unpaired) electrons. The molecular formula is C10H16BrNOS. The van der Waals surface area contributed by atoms with E-state index in [4.69, 9.17) is 5.73 Å². The van der Waals surface area contributed by atoms with Crippen molar-refractivity contribution in [3.05, 3.63) is 20.8 Å². The van der Waals surface area contributed by atoms with Crippen LogP contribution in [-0.4, -0.2) is 11.7 Å². The van der Waals surface area contributed by atoms with E-state index in [9.17, 15) is 5.11 Å². The van der Waals surface area contributed by atoms with Gasteiger partial charge in [-0.1, -0.05) is 13.3 Å². The first-order valence-corrected chi connectivity index (χ1v) is 6.43. The average Bonchev–Trinajstić information content (AvgIpc) is 2.60. The predicted octanol–water partition coefficient (Wildman–Crippen LogP) is 2.92. The lowest BCUT2D eigenvalue weighted by Gasteiger charge is -2.19. The second kappa shape index (κ2) is 5.85. The fourth-order valence-electron chi connectivity index (χ4n) is 1.49. The topological polar surface area (TPSA) is 46.2 Å². The van der Waals surface area contributed by atoms with Crippen LogP contribution in [0.5, 0.6) is 0 Å². The minimum absolute atomic E-state index is 0.186. The zero-order valence-electron chi connectivity index (χ0n) is 8.24. The van der Waals surface area contributed by atoms with E-state index in [1.54, 1.807) is 11.3 Å². The molecule has 0 bridgehead atoms. The van der Waals surface area contributed by atoms with Crippen molar-refractivity contribution < 1.29 is 5.11 Å². The Hall–Kier alpha value is 0.1000. The van der Waals surface area contributed by atoms with Crippen molar-refractivity contribution >= 4 is 27.3 Å². The fraction of sp³-hybridized carbons (Fsp3) is 0.600. The van der Waals surface area contributed by atoms with Gasteiger partial charge in [0.1, 0.15) is 0 Å². The summed E-state index contributed by atoms with van der Waals surface area (Å²) in [5.41, 5.74) is 5.64. The molecule has 0 amide bonds. The lowest BCUT2D eigenvalue weighted by atomic mass is 9.96. The highest BCUT2D eigenvalue weighted by molar-refractivity contribution is 9.11. The average molecular weight is 278 g/mol. The predicted molar refractivity (Wildman–Crippen MR) is 64.4 cm³/mol. The number of hydrogen-bond acceptors (Lipinski definition) is 3. The highest BCUT2D eigenvalue weighted by atomic mass is 79.9. The molecule has 4 heteroatoms. The summed E-state index contributed by atoms with van der Waals surface area (Å²) in [6.07, 6.45) is 1.63. The van der Waals surface area contributed by atoms with Crippen LogP contribution < -0.4 is 5.73 Å². The molecule has 0 spiro atoms. The zero-order valence-corrected chi connectivity index (χ0v) is 10.6. The normalized spacial score (nSPS) is 15.4. The number of halogens is 1. The van der Waals surface area contributed by atoms with Crippen molar-refractivity contribution in [1.29, 1.82) is 0 Å². The number of hydrogen-bond donors (Lipinski definition) is 2. The van der Waals surface area contributed by atoms with E-state index in [1.807, 2.05) is 12.1 Å². The van der Waals surface area contributed by atoms with Gasteiger partial charge < -0.3 is 10.8 Å². The standard InChI is InChI=1S/C10H16BrNOS/c1-2-3-7(6-12)10(13)8-4-5-9(11)14-8/h4-5,7,10,13H,2-3,6,12H2,1H3. The van der Waals surface area contributed by atoms with Crippen molar-refractivity contribution in [1.82, 2.24) is 0 Å². The van der Waals surface area contributed by atoms with Gasteiger partial charge in [-0.2, -0.15) is 0 Å². The van der Waals surface area contributed by atoms with Gasteiger partial charge in [0.25, 0.3) is 0 Å². The van der Waals surface area contributed by atoms with Gasteiger partial charge in [-0.05, 0) is 41.0 Å². The van der Waals surface area contributed by atoms with Crippen molar-refractivity contribution in [3.8, 4) is 0 Å². The summed E-state index contributed by atoms with van der Waals surface area (Å²) in [4.78, 5) is 1.00. The molecule has 1 aromatic heterocycles. The van der Waals surface area contributed by atoms with Gasteiger partial charge in [-0.3, -0.25) is 0 Å². The molecule has 2 atom stereocenters. The van der Waals surface area contributed by atoms with Crippen LogP contribution in [0.25, 0.3) is 0 Å². The third-order valence-electron chi connectivity index (χ3n) is 2.29. The molecule has 0 aliphatic rings. The van der Waals surface area contributed by atoms with Crippen molar-refractivity contribution in [2.45, 2.75) is 25.9 Å². The van der Waals surface area contributed by atoms with Crippen molar-refractivity contribution in [3.63, 3.8) is 0 Å². The first-order valence-electron chi connectivity index (χ1n) is 4.82. The van der Waals surface area contributed by atoms with Gasteiger partial charge >= 0.3 is 0 Å². The number of aliphatic hydroxyl groups is 1. The lowest BCUT2D eigenvalue weighted by Crippen LogP contribution is -2.21. The molecule has 0 saturated heterocycles. The Balaban J connectivity index is 2.66. The van der Waals surface area contributed by atoms with Gasteiger partial charge in [0.05, 0.1) is 9.89 Å². The molecule has 3 N–H and O–H groups in total. The first kappa shape index (κ1) is 12.2. The van der Waals surface area contributed by atoms with Crippen LogP contribution in [0, 0.1) is 5.92 Å². The van der Waals surface area contributed by atoms with E-state index in [0.29, 0.717) is 6.54 Å². The summed E-state index contributed by atoms with van der Waals surface area (Å²) >= 11 is 4.96. The minimum atomic E-state index is -0.406. The molecular weight excluding hydrogens is 262 g/mol. The quantitative estimate of drug-likeness (QED) is 0.870. The maximum absolute atomic E-state index is 10.0. The Labute approximate surface area is 97.3 Å². The summed E-state index contributed by atoms with van der Waals surface area (Å²) in [5.74, 6) is 0.186.